The van der Waals surface area contributed by atoms with Gasteiger partial charge in [-0.25, -0.2) is 4.39 Å². The van der Waals surface area contributed by atoms with Gasteiger partial charge in [-0.3, -0.25) is 5.32 Å². The lowest BCUT2D eigenvalue weighted by atomic mass is 10.3. The van der Waals surface area contributed by atoms with Crippen LogP contribution in [0.2, 0.25) is 0 Å². The first-order valence-corrected chi connectivity index (χ1v) is 3.25. The number of hydrogen-bond donors (Lipinski definition) is 2. The van der Waals surface area contributed by atoms with Crippen molar-refractivity contribution < 1.29 is 26.3 Å². The Balaban J connectivity index is 4.27. The van der Waals surface area contributed by atoms with Crippen LogP contribution < -0.4 is 11.1 Å². The van der Waals surface area contributed by atoms with Gasteiger partial charge in [-0.1, -0.05) is 0 Å². The maximum absolute atomic E-state index is 12.2. The van der Waals surface area contributed by atoms with Crippen molar-refractivity contribution in [1.82, 2.24) is 5.32 Å². The smallest absolute Gasteiger partial charge is 0.329 e. The van der Waals surface area contributed by atoms with E-state index in [2.05, 4.69) is 0 Å². The highest BCUT2D eigenvalue weighted by atomic mass is 19.4. The fourth-order valence-electron chi connectivity index (χ4n) is 0.534. The van der Waals surface area contributed by atoms with Gasteiger partial charge in [-0.15, -0.1) is 0 Å². The number of nitrogens with two attached hydrogens (primary N) is 1. The van der Waals surface area contributed by atoms with E-state index in [1.54, 1.807) is 0 Å². The van der Waals surface area contributed by atoms with E-state index in [0.29, 0.717) is 0 Å². The molecule has 0 aliphatic rings. The summed E-state index contributed by atoms with van der Waals surface area (Å²) in [4.78, 5) is 0. The molecule has 0 spiro atoms. The summed E-state index contributed by atoms with van der Waals surface area (Å²) in [6.45, 7) is -0.899. The topological polar surface area (TPSA) is 38.0 Å². The van der Waals surface area contributed by atoms with E-state index in [4.69, 9.17) is 5.73 Å². The van der Waals surface area contributed by atoms with Crippen LogP contribution in [0.4, 0.5) is 26.3 Å². The van der Waals surface area contributed by atoms with Gasteiger partial charge in [0.25, 0.3) is 6.17 Å². The van der Waals surface area contributed by atoms with Crippen molar-refractivity contribution >= 4 is 0 Å². The van der Waals surface area contributed by atoms with E-state index in [0.717, 1.165) is 5.32 Å². The Kier molecular flexibility index (Phi) is 3.98. The molecule has 0 saturated heterocycles. The van der Waals surface area contributed by atoms with Gasteiger partial charge in [0, 0.05) is 13.1 Å². The summed E-state index contributed by atoms with van der Waals surface area (Å²) in [7, 11) is 0. The monoisotopic (exact) mass is 210 g/mol. The molecule has 0 radical (unpaired) electrons. The summed E-state index contributed by atoms with van der Waals surface area (Å²) in [5.74, 6) is 0. The molecule has 0 aliphatic carbocycles. The molecule has 0 rings (SSSR count). The molecule has 0 amide bonds. The van der Waals surface area contributed by atoms with Crippen molar-refractivity contribution in [2.75, 3.05) is 13.1 Å². The Labute approximate surface area is 70.1 Å². The zero-order valence-corrected chi connectivity index (χ0v) is 6.34. The largest absolute Gasteiger partial charge is 0.427 e. The Morgan fingerprint density at radius 3 is 1.92 bits per heavy atom. The molecule has 0 saturated carbocycles. The van der Waals surface area contributed by atoms with Crippen molar-refractivity contribution in [2.24, 2.45) is 5.73 Å². The molecular weight excluding hydrogens is 202 g/mol. The molecule has 0 aromatic carbocycles. The number of hydrogen-bond acceptors (Lipinski definition) is 2. The second-order valence-corrected chi connectivity index (χ2v) is 2.24. The summed E-state index contributed by atoms with van der Waals surface area (Å²) < 4.78 is 70.8. The first-order valence-electron chi connectivity index (χ1n) is 3.25. The molecule has 8 heteroatoms. The molecular formula is C5H8F6N2. The van der Waals surface area contributed by atoms with Gasteiger partial charge >= 0.3 is 12.2 Å². The highest BCUT2D eigenvalue weighted by Gasteiger charge is 2.56. The van der Waals surface area contributed by atoms with Crippen molar-refractivity contribution in [3.8, 4) is 0 Å². The highest BCUT2D eigenvalue weighted by Crippen LogP contribution is 2.32. The van der Waals surface area contributed by atoms with Crippen LogP contribution in [-0.2, 0) is 0 Å². The maximum atomic E-state index is 12.2. The quantitative estimate of drug-likeness (QED) is 0.537. The van der Waals surface area contributed by atoms with Crippen LogP contribution in [0.5, 0.6) is 0 Å². The third-order valence-electron chi connectivity index (χ3n) is 1.11. The number of halogens is 6. The van der Waals surface area contributed by atoms with E-state index < -0.39 is 24.9 Å². The molecule has 3 N–H and O–H groups in total. The van der Waals surface area contributed by atoms with E-state index in [1.807, 2.05) is 0 Å². The van der Waals surface area contributed by atoms with Crippen LogP contribution in [0.25, 0.3) is 0 Å². The Morgan fingerprint density at radius 2 is 1.62 bits per heavy atom. The summed E-state index contributed by atoms with van der Waals surface area (Å²) in [5.41, 5.74) is 4.75. The van der Waals surface area contributed by atoms with Gasteiger partial charge < -0.3 is 5.73 Å². The lowest BCUT2D eigenvalue weighted by Gasteiger charge is -2.23. The summed E-state index contributed by atoms with van der Waals surface area (Å²) in [6, 6.07) is -4.63. The molecule has 2 nitrogen and oxygen atoms in total. The standard InChI is InChI=1S/C5H8F6N2/c6-3(4(7,8)9)5(10,11)13-2-1-12/h3,13H,1-2,12H2. The Morgan fingerprint density at radius 1 is 1.15 bits per heavy atom. The number of nitrogens with one attached hydrogen (secondary N) is 1. The summed E-state index contributed by atoms with van der Waals surface area (Å²) >= 11 is 0. The molecule has 1 atom stereocenters. The van der Waals surface area contributed by atoms with Crippen molar-refractivity contribution in [3.05, 3.63) is 0 Å². The highest BCUT2D eigenvalue weighted by molar-refractivity contribution is 4.80. The van der Waals surface area contributed by atoms with E-state index >= 15 is 0 Å². The van der Waals surface area contributed by atoms with Gasteiger partial charge in [-0.2, -0.15) is 22.0 Å². The van der Waals surface area contributed by atoms with Crippen LogP contribution >= 0.6 is 0 Å². The maximum Gasteiger partial charge on any atom is 0.427 e. The van der Waals surface area contributed by atoms with Gasteiger partial charge in [0.1, 0.15) is 0 Å². The van der Waals surface area contributed by atoms with Crippen molar-refractivity contribution in [2.45, 2.75) is 18.4 Å². The zero-order valence-electron chi connectivity index (χ0n) is 6.34. The predicted molar refractivity (Wildman–Crippen MR) is 33.0 cm³/mol. The van der Waals surface area contributed by atoms with Gasteiger partial charge in [-0.05, 0) is 0 Å². The molecule has 0 aromatic heterocycles. The second-order valence-electron chi connectivity index (χ2n) is 2.24. The normalized spacial score (nSPS) is 15.9. The van der Waals surface area contributed by atoms with Crippen LogP contribution in [-0.4, -0.2) is 31.5 Å². The summed E-state index contributed by atoms with van der Waals surface area (Å²) in [5, 5.41) is 1.06. The number of rotatable bonds is 4. The second kappa shape index (κ2) is 4.14. The fraction of sp³-hybridized carbons (Fsp3) is 1.00. The van der Waals surface area contributed by atoms with Crippen LogP contribution in [0, 0.1) is 0 Å². The van der Waals surface area contributed by atoms with Crippen molar-refractivity contribution in [3.63, 3.8) is 0 Å². The number of alkyl halides is 6. The first kappa shape index (κ1) is 12.5. The van der Waals surface area contributed by atoms with E-state index in [1.165, 1.54) is 0 Å². The molecule has 13 heavy (non-hydrogen) atoms. The van der Waals surface area contributed by atoms with E-state index in [9.17, 15) is 26.3 Å². The molecule has 0 aromatic rings. The lowest BCUT2D eigenvalue weighted by molar-refractivity contribution is -0.252. The third-order valence-corrected chi connectivity index (χ3v) is 1.11. The predicted octanol–water partition coefficient (Wildman–Crippen LogP) is 1.03. The molecule has 0 fully saturated rings. The minimum absolute atomic E-state index is 0.305. The molecule has 1 unspecified atom stereocenters. The van der Waals surface area contributed by atoms with Gasteiger partial charge in [0.15, 0.2) is 0 Å². The minimum atomic E-state index is -5.58. The molecule has 0 bridgehead atoms. The Bertz CT molecular complexity index is 156. The van der Waals surface area contributed by atoms with Gasteiger partial charge in [0.05, 0.1) is 0 Å². The molecule has 80 valence electrons. The van der Waals surface area contributed by atoms with Crippen molar-refractivity contribution in [1.29, 1.82) is 0 Å². The van der Waals surface area contributed by atoms with Gasteiger partial charge in [0.2, 0.25) is 0 Å². The molecule has 0 aliphatic heterocycles. The minimum Gasteiger partial charge on any atom is -0.329 e. The zero-order chi connectivity index (χ0) is 10.7. The SMILES string of the molecule is NCCNC(F)(F)C(F)C(F)(F)F. The average Bonchev–Trinajstić information content (AvgIpc) is 1.98. The van der Waals surface area contributed by atoms with Crippen LogP contribution in [0.15, 0.2) is 0 Å². The van der Waals surface area contributed by atoms with E-state index in [-0.39, 0.29) is 6.54 Å². The van der Waals surface area contributed by atoms with Crippen LogP contribution in [0.1, 0.15) is 0 Å². The average molecular weight is 210 g/mol. The van der Waals surface area contributed by atoms with Crippen LogP contribution in [0.3, 0.4) is 0 Å². The first-order chi connectivity index (χ1) is 5.72. The summed E-state index contributed by atoms with van der Waals surface area (Å²) in [6.07, 6.45) is -9.79. The molecule has 0 heterocycles. The third kappa shape index (κ3) is 3.81. The fourth-order valence-corrected chi connectivity index (χ4v) is 0.534. The Hall–Kier alpha value is -0.500. The lowest BCUT2D eigenvalue weighted by Crippen LogP contribution is -2.52.